The molecule has 0 bridgehead atoms. The number of rotatable bonds is 3. The van der Waals surface area contributed by atoms with Crippen molar-refractivity contribution in [1.82, 2.24) is 20.3 Å². The van der Waals surface area contributed by atoms with E-state index in [1.807, 2.05) is 6.92 Å². The maximum Gasteiger partial charge on any atom is 0.257 e. The molecule has 0 aliphatic rings. The van der Waals surface area contributed by atoms with Crippen molar-refractivity contribution in [2.45, 2.75) is 13.5 Å². The number of nitrogens with zero attached hydrogens (tertiary/aromatic N) is 2. The number of aromatic nitrogens is 3. The van der Waals surface area contributed by atoms with Gasteiger partial charge in [-0.2, -0.15) is 0 Å². The Labute approximate surface area is 103 Å². The van der Waals surface area contributed by atoms with Crippen LogP contribution in [-0.4, -0.2) is 20.9 Å². The summed E-state index contributed by atoms with van der Waals surface area (Å²) in [5.41, 5.74) is 1.21. The van der Waals surface area contributed by atoms with Gasteiger partial charge in [-0.25, -0.2) is 0 Å². The van der Waals surface area contributed by atoms with E-state index in [2.05, 4.69) is 20.3 Å². The number of carbonyl (C=O) groups excluding carboxylic acids is 1. The zero-order chi connectivity index (χ0) is 13.0. The highest BCUT2D eigenvalue weighted by Gasteiger charge is 2.08. The number of hydrogen-bond donors (Lipinski definition) is 2. The van der Waals surface area contributed by atoms with Crippen molar-refractivity contribution in [3.63, 3.8) is 0 Å². The summed E-state index contributed by atoms with van der Waals surface area (Å²) in [5.74, 6) is -0.431. The third-order valence-electron chi connectivity index (χ3n) is 2.33. The summed E-state index contributed by atoms with van der Waals surface area (Å²) in [7, 11) is 0. The fraction of sp³-hybridized carbons (Fsp3) is 0.167. The van der Waals surface area contributed by atoms with E-state index in [-0.39, 0.29) is 17.5 Å². The minimum absolute atomic E-state index is 0.0811. The standard InChI is InChI=1S/C12H12N4O2/c1-8-4-15-9(5-14-8)6-16-12(18)10-7-13-3-2-11(10)17/h2-5,7H,6H2,1H3,(H,13,17)(H,16,18). The highest BCUT2D eigenvalue weighted by molar-refractivity contribution is 5.93. The van der Waals surface area contributed by atoms with Crippen LogP contribution < -0.4 is 10.7 Å². The molecule has 0 atom stereocenters. The van der Waals surface area contributed by atoms with Crippen molar-refractivity contribution in [3.8, 4) is 0 Å². The molecule has 6 nitrogen and oxygen atoms in total. The first-order chi connectivity index (χ1) is 8.66. The number of nitrogens with one attached hydrogen (secondary N) is 2. The van der Waals surface area contributed by atoms with Gasteiger partial charge in [0.2, 0.25) is 0 Å². The smallest absolute Gasteiger partial charge is 0.257 e. The molecule has 2 heterocycles. The minimum Gasteiger partial charge on any atom is -0.367 e. The molecule has 0 aromatic carbocycles. The molecule has 0 saturated heterocycles. The third-order valence-corrected chi connectivity index (χ3v) is 2.33. The van der Waals surface area contributed by atoms with Gasteiger partial charge in [-0.15, -0.1) is 0 Å². The van der Waals surface area contributed by atoms with Crippen LogP contribution in [0.3, 0.4) is 0 Å². The second-order valence-electron chi connectivity index (χ2n) is 3.75. The molecule has 0 aliphatic carbocycles. The van der Waals surface area contributed by atoms with E-state index in [0.717, 1.165) is 5.69 Å². The van der Waals surface area contributed by atoms with Gasteiger partial charge < -0.3 is 10.3 Å². The molecule has 0 unspecified atom stereocenters. The molecule has 0 radical (unpaired) electrons. The van der Waals surface area contributed by atoms with Crippen LogP contribution >= 0.6 is 0 Å². The van der Waals surface area contributed by atoms with Gasteiger partial charge in [0.25, 0.3) is 5.91 Å². The molecule has 0 fully saturated rings. The van der Waals surface area contributed by atoms with E-state index in [0.29, 0.717) is 5.69 Å². The van der Waals surface area contributed by atoms with Crippen molar-refractivity contribution >= 4 is 5.91 Å². The van der Waals surface area contributed by atoms with E-state index in [1.54, 1.807) is 12.4 Å². The van der Waals surface area contributed by atoms with Crippen LogP contribution in [0.1, 0.15) is 21.7 Å². The molecule has 2 aromatic heterocycles. The Balaban J connectivity index is 2.03. The van der Waals surface area contributed by atoms with Crippen molar-refractivity contribution < 1.29 is 4.79 Å². The average molecular weight is 244 g/mol. The summed E-state index contributed by atoms with van der Waals surface area (Å²) in [6.45, 7) is 2.07. The zero-order valence-electron chi connectivity index (χ0n) is 9.80. The zero-order valence-corrected chi connectivity index (χ0v) is 9.80. The fourth-order valence-electron chi connectivity index (χ4n) is 1.37. The Kier molecular flexibility index (Phi) is 3.47. The van der Waals surface area contributed by atoms with Gasteiger partial charge in [0.1, 0.15) is 5.56 Å². The Bertz CT molecular complexity index is 604. The number of pyridine rings is 1. The highest BCUT2D eigenvalue weighted by Crippen LogP contribution is 1.95. The molecular formula is C12H12N4O2. The Morgan fingerprint density at radius 3 is 2.89 bits per heavy atom. The number of H-pyrrole nitrogens is 1. The molecule has 1 amide bonds. The van der Waals surface area contributed by atoms with Gasteiger partial charge >= 0.3 is 0 Å². The predicted molar refractivity (Wildman–Crippen MR) is 65.0 cm³/mol. The average Bonchev–Trinajstić information content (AvgIpc) is 2.38. The number of carbonyl (C=O) groups is 1. The second kappa shape index (κ2) is 5.22. The van der Waals surface area contributed by atoms with Gasteiger partial charge in [0, 0.05) is 24.7 Å². The SMILES string of the molecule is Cc1cnc(CNC(=O)c2c[nH]ccc2=O)cn1. The van der Waals surface area contributed by atoms with Crippen molar-refractivity contribution in [3.05, 3.63) is 58.0 Å². The molecule has 2 N–H and O–H groups in total. The molecule has 0 spiro atoms. The van der Waals surface area contributed by atoms with Gasteiger partial charge in [0.15, 0.2) is 5.43 Å². The monoisotopic (exact) mass is 244 g/mol. The van der Waals surface area contributed by atoms with E-state index < -0.39 is 5.91 Å². The number of aryl methyl sites for hydroxylation is 1. The lowest BCUT2D eigenvalue weighted by Crippen LogP contribution is -2.28. The van der Waals surface area contributed by atoms with Crippen LogP contribution in [0.4, 0.5) is 0 Å². The molecule has 92 valence electrons. The lowest BCUT2D eigenvalue weighted by atomic mass is 10.2. The minimum atomic E-state index is -0.431. The topological polar surface area (TPSA) is 87.7 Å². The molecule has 18 heavy (non-hydrogen) atoms. The van der Waals surface area contributed by atoms with E-state index >= 15 is 0 Å². The highest BCUT2D eigenvalue weighted by atomic mass is 16.2. The normalized spacial score (nSPS) is 10.1. The van der Waals surface area contributed by atoms with Gasteiger partial charge in [-0.05, 0) is 6.92 Å². The number of hydrogen-bond acceptors (Lipinski definition) is 4. The molecule has 2 rings (SSSR count). The molecule has 0 saturated carbocycles. The summed E-state index contributed by atoms with van der Waals surface area (Å²) in [6.07, 6.45) is 6.06. The fourth-order valence-corrected chi connectivity index (χ4v) is 1.37. The van der Waals surface area contributed by atoms with Crippen molar-refractivity contribution in [2.75, 3.05) is 0 Å². The molecule has 6 heteroatoms. The maximum absolute atomic E-state index is 11.7. The summed E-state index contributed by atoms with van der Waals surface area (Å²) in [6, 6.07) is 1.31. The van der Waals surface area contributed by atoms with Gasteiger partial charge in [-0.3, -0.25) is 19.6 Å². The second-order valence-corrected chi connectivity index (χ2v) is 3.75. The number of aromatic amines is 1. The van der Waals surface area contributed by atoms with Crippen LogP contribution in [0.15, 0.2) is 35.6 Å². The van der Waals surface area contributed by atoms with Gasteiger partial charge in [-0.1, -0.05) is 0 Å². The van der Waals surface area contributed by atoms with Crippen LogP contribution in [0, 0.1) is 6.92 Å². The van der Waals surface area contributed by atoms with Gasteiger partial charge in [0.05, 0.1) is 24.1 Å². The predicted octanol–water partition coefficient (Wildman–Crippen LogP) is 0.403. The van der Waals surface area contributed by atoms with Crippen LogP contribution in [0.25, 0.3) is 0 Å². The summed E-state index contributed by atoms with van der Waals surface area (Å²) < 4.78 is 0. The first-order valence-corrected chi connectivity index (χ1v) is 5.39. The molecule has 0 aliphatic heterocycles. The lowest BCUT2D eigenvalue weighted by Gasteiger charge is -2.03. The maximum atomic E-state index is 11.7. The third kappa shape index (κ3) is 2.79. The van der Waals surface area contributed by atoms with Crippen LogP contribution in [-0.2, 0) is 6.54 Å². The molecular weight excluding hydrogens is 232 g/mol. The first kappa shape index (κ1) is 12.0. The first-order valence-electron chi connectivity index (χ1n) is 5.39. The van der Waals surface area contributed by atoms with E-state index in [9.17, 15) is 9.59 Å². The number of amides is 1. The van der Waals surface area contributed by atoms with E-state index in [4.69, 9.17) is 0 Å². The van der Waals surface area contributed by atoms with Crippen molar-refractivity contribution in [1.29, 1.82) is 0 Å². The summed E-state index contributed by atoms with van der Waals surface area (Å²) >= 11 is 0. The Morgan fingerprint density at radius 2 is 2.22 bits per heavy atom. The van der Waals surface area contributed by atoms with Crippen LogP contribution in [0.2, 0.25) is 0 Å². The Hall–Kier alpha value is -2.50. The van der Waals surface area contributed by atoms with Crippen LogP contribution in [0.5, 0.6) is 0 Å². The molecule has 2 aromatic rings. The summed E-state index contributed by atoms with van der Waals surface area (Å²) in [4.78, 5) is 34.0. The quantitative estimate of drug-likeness (QED) is 0.818. The lowest BCUT2D eigenvalue weighted by molar-refractivity contribution is 0.0949. The van der Waals surface area contributed by atoms with Crippen molar-refractivity contribution in [2.24, 2.45) is 0 Å². The van der Waals surface area contributed by atoms with E-state index in [1.165, 1.54) is 18.5 Å². The largest absolute Gasteiger partial charge is 0.367 e. The Morgan fingerprint density at radius 1 is 1.39 bits per heavy atom. The summed E-state index contributed by atoms with van der Waals surface area (Å²) in [5, 5.41) is 2.61.